The van der Waals surface area contributed by atoms with E-state index >= 15 is 0 Å². The summed E-state index contributed by atoms with van der Waals surface area (Å²) in [4.78, 5) is 18.2. The summed E-state index contributed by atoms with van der Waals surface area (Å²) in [5.41, 5.74) is 4.09. The first-order valence-corrected chi connectivity index (χ1v) is 8.43. The molecule has 0 atom stereocenters. The quantitative estimate of drug-likeness (QED) is 0.617. The van der Waals surface area contributed by atoms with Gasteiger partial charge in [0.2, 0.25) is 0 Å². The summed E-state index contributed by atoms with van der Waals surface area (Å²) in [6.45, 7) is 4.28. The van der Waals surface area contributed by atoms with Crippen LogP contribution >= 0.6 is 11.3 Å². The van der Waals surface area contributed by atoms with Crippen molar-refractivity contribution in [2.75, 3.05) is 6.61 Å². The Balaban J connectivity index is 1.97. The molecule has 1 aliphatic rings. The van der Waals surface area contributed by atoms with Crippen molar-refractivity contribution < 1.29 is 9.53 Å². The normalized spacial score (nSPS) is 13.5. The first-order chi connectivity index (χ1) is 10.7. The number of aliphatic imine (C=N–C) groups is 1. The minimum atomic E-state index is -0.237. The van der Waals surface area contributed by atoms with E-state index in [0.717, 1.165) is 35.4 Å². The van der Waals surface area contributed by atoms with Crippen LogP contribution in [0, 0.1) is 6.92 Å². The van der Waals surface area contributed by atoms with Crippen molar-refractivity contribution in [3.8, 4) is 0 Å². The van der Waals surface area contributed by atoms with Gasteiger partial charge in [0.15, 0.2) is 0 Å². The van der Waals surface area contributed by atoms with Gasteiger partial charge in [-0.1, -0.05) is 24.3 Å². The van der Waals surface area contributed by atoms with Crippen molar-refractivity contribution in [1.29, 1.82) is 0 Å². The Morgan fingerprint density at radius 3 is 2.95 bits per heavy atom. The molecule has 114 valence electrons. The topological polar surface area (TPSA) is 38.7 Å². The summed E-state index contributed by atoms with van der Waals surface area (Å²) >= 11 is 1.63. The van der Waals surface area contributed by atoms with Crippen LogP contribution in [0.3, 0.4) is 0 Å². The molecule has 0 saturated carbocycles. The number of thiophene rings is 1. The van der Waals surface area contributed by atoms with Crippen LogP contribution in [0.25, 0.3) is 0 Å². The maximum Gasteiger partial charge on any atom is 0.341 e. The number of ether oxygens (including phenoxy) is 1. The Morgan fingerprint density at radius 2 is 2.18 bits per heavy atom. The van der Waals surface area contributed by atoms with Crippen molar-refractivity contribution in [3.05, 3.63) is 51.4 Å². The molecule has 0 unspecified atom stereocenters. The fourth-order valence-electron chi connectivity index (χ4n) is 2.75. The van der Waals surface area contributed by atoms with Crippen molar-refractivity contribution >= 4 is 28.5 Å². The zero-order valence-corrected chi connectivity index (χ0v) is 13.7. The number of esters is 1. The predicted molar refractivity (Wildman–Crippen MR) is 90.7 cm³/mol. The van der Waals surface area contributed by atoms with E-state index in [1.807, 2.05) is 31.3 Å². The number of carbonyl (C=O) groups is 1. The Kier molecular flexibility index (Phi) is 4.39. The molecule has 0 amide bonds. The third-order valence-corrected chi connectivity index (χ3v) is 5.09. The maximum atomic E-state index is 12.3. The number of hydrogen-bond acceptors (Lipinski definition) is 4. The van der Waals surface area contributed by atoms with Crippen LogP contribution in [-0.2, 0) is 17.6 Å². The second-order valence-corrected chi connectivity index (χ2v) is 6.46. The van der Waals surface area contributed by atoms with Gasteiger partial charge in [-0.25, -0.2) is 9.79 Å². The van der Waals surface area contributed by atoms with Crippen molar-refractivity contribution in [2.45, 2.75) is 33.1 Å². The number of aryl methyl sites for hydroxylation is 2. The van der Waals surface area contributed by atoms with Gasteiger partial charge in [0.05, 0.1) is 12.2 Å². The first-order valence-electron chi connectivity index (χ1n) is 7.62. The molecule has 1 aromatic heterocycles. The van der Waals surface area contributed by atoms with Gasteiger partial charge in [0.1, 0.15) is 5.00 Å². The van der Waals surface area contributed by atoms with Crippen LogP contribution < -0.4 is 0 Å². The lowest BCUT2D eigenvalue weighted by Gasteiger charge is -2.03. The highest BCUT2D eigenvalue weighted by molar-refractivity contribution is 7.16. The predicted octanol–water partition coefficient (Wildman–Crippen LogP) is 4.47. The Labute approximate surface area is 134 Å². The average Bonchev–Trinajstić information content (AvgIpc) is 3.06. The molecule has 3 nitrogen and oxygen atoms in total. The third-order valence-electron chi connectivity index (χ3n) is 3.89. The van der Waals surface area contributed by atoms with E-state index in [-0.39, 0.29) is 5.97 Å². The molecule has 0 spiro atoms. The SMILES string of the molecule is CCOC(=O)c1c(N=Cc2ccccc2C)sc2c1CCC2. The number of nitrogens with zero attached hydrogens (tertiary/aromatic N) is 1. The van der Waals surface area contributed by atoms with Gasteiger partial charge in [0, 0.05) is 11.1 Å². The summed E-state index contributed by atoms with van der Waals surface area (Å²) in [6.07, 6.45) is 4.97. The molecule has 1 aromatic carbocycles. The van der Waals surface area contributed by atoms with E-state index in [4.69, 9.17) is 4.74 Å². The summed E-state index contributed by atoms with van der Waals surface area (Å²) in [7, 11) is 0. The molecule has 3 rings (SSSR count). The highest BCUT2D eigenvalue weighted by Crippen LogP contribution is 2.41. The lowest BCUT2D eigenvalue weighted by Crippen LogP contribution is -2.06. The Hall–Kier alpha value is -1.94. The summed E-state index contributed by atoms with van der Waals surface area (Å²) < 4.78 is 5.22. The van der Waals surface area contributed by atoms with Gasteiger partial charge in [-0.3, -0.25) is 0 Å². The molecular formula is C18H19NO2S. The highest BCUT2D eigenvalue weighted by Gasteiger charge is 2.27. The van der Waals surface area contributed by atoms with Crippen LogP contribution in [-0.4, -0.2) is 18.8 Å². The van der Waals surface area contributed by atoms with Crippen molar-refractivity contribution in [3.63, 3.8) is 0 Å². The monoisotopic (exact) mass is 313 g/mol. The molecule has 0 aliphatic heterocycles. The molecule has 1 heterocycles. The smallest absolute Gasteiger partial charge is 0.341 e. The molecule has 0 fully saturated rings. The fraction of sp³-hybridized carbons (Fsp3) is 0.333. The molecule has 0 N–H and O–H groups in total. The molecule has 1 aliphatic carbocycles. The lowest BCUT2D eigenvalue weighted by atomic mass is 10.1. The Morgan fingerprint density at radius 1 is 1.36 bits per heavy atom. The lowest BCUT2D eigenvalue weighted by molar-refractivity contribution is 0.0527. The fourth-order valence-corrected chi connectivity index (χ4v) is 3.98. The minimum absolute atomic E-state index is 0.237. The number of fused-ring (bicyclic) bond motifs is 1. The van der Waals surface area contributed by atoms with Gasteiger partial charge in [-0.05, 0) is 49.8 Å². The summed E-state index contributed by atoms with van der Waals surface area (Å²) in [5.74, 6) is -0.237. The van der Waals surface area contributed by atoms with Crippen molar-refractivity contribution in [1.82, 2.24) is 0 Å². The first kappa shape index (κ1) is 15.0. The molecule has 0 saturated heterocycles. The van der Waals surface area contributed by atoms with Crippen molar-refractivity contribution in [2.24, 2.45) is 4.99 Å². The number of carbonyl (C=O) groups excluding carboxylic acids is 1. The van der Waals surface area contributed by atoms with E-state index in [1.165, 1.54) is 10.4 Å². The van der Waals surface area contributed by atoms with Gasteiger partial charge in [-0.2, -0.15) is 0 Å². The largest absolute Gasteiger partial charge is 0.462 e. The zero-order chi connectivity index (χ0) is 15.5. The molecule has 22 heavy (non-hydrogen) atoms. The van der Waals surface area contributed by atoms with Gasteiger partial charge in [-0.15, -0.1) is 11.3 Å². The minimum Gasteiger partial charge on any atom is -0.462 e. The molecule has 0 bridgehead atoms. The molecule has 2 aromatic rings. The van der Waals surface area contributed by atoms with Crippen LogP contribution in [0.4, 0.5) is 5.00 Å². The molecule has 0 radical (unpaired) electrons. The number of rotatable bonds is 4. The van der Waals surface area contributed by atoms with Crippen LogP contribution in [0.5, 0.6) is 0 Å². The maximum absolute atomic E-state index is 12.3. The van der Waals surface area contributed by atoms with E-state index in [2.05, 4.69) is 18.0 Å². The molecule has 4 heteroatoms. The van der Waals surface area contributed by atoms with Gasteiger partial charge < -0.3 is 4.74 Å². The van der Waals surface area contributed by atoms with E-state index in [0.29, 0.717) is 12.2 Å². The summed E-state index contributed by atoms with van der Waals surface area (Å²) in [5, 5.41) is 0.784. The average molecular weight is 313 g/mol. The Bertz CT molecular complexity index is 731. The number of hydrogen-bond donors (Lipinski definition) is 0. The standard InChI is InChI=1S/C18H19NO2S/c1-3-21-18(20)16-14-9-6-10-15(14)22-17(16)19-11-13-8-5-4-7-12(13)2/h4-5,7-8,11H,3,6,9-10H2,1-2H3. The van der Waals surface area contributed by atoms with Crippen LogP contribution in [0.1, 0.15) is 45.3 Å². The second-order valence-electron chi connectivity index (χ2n) is 5.37. The van der Waals surface area contributed by atoms with Crippen LogP contribution in [0.15, 0.2) is 29.3 Å². The van der Waals surface area contributed by atoms with E-state index < -0.39 is 0 Å². The summed E-state index contributed by atoms with van der Waals surface area (Å²) in [6, 6.07) is 8.09. The molecular weight excluding hydrogens is 294 g/mol. The third kappa shape index (κ3) is 2.83. The van der Waals surface area contributed by atoms with Gasteiger partial charge >= 0.3 is 5.97 Å². The van der Waals surface area contributed by atoms with Gasteiger partial charge in [0.25, 0.3) is 0 Å². The van der Waals surface area contributed by atoms with Crippen LogP contribution in [0.2, 0.25) is 0 Å². The zero-order valence-electron chi connectivity index (χ0n) is 12.9. The highest BCUT2D eigenvalue weighted by atomic mass is 32.1. The van der Waals surface area contributed by atoms with E-state index in [1.54, 1.807) is 11.3 Å². The van der Waals surface area contributed by atoms with E-state index in [9.17, 15) is 4.79 Å². The second kappa shape index (κ2) is 6.44. The number of benzene rings is 1.